The van der Waals surface area contributed by atoms with E-state index in [1.165, 1.54) is 16.3 Å². The van der Waals surface area contributed by atoms with Gasteiger partial charge in [-0.15, -0.1) is 5.39 Å². The molecule has 70 valence electrons. The first-order chi connectivity index (χ1) is 6.45. The molecule has 2 aromatic carbocycles. The fourth-order valence-corrected chi connectivity index (χ4v) is 1.73. The van der Waals surface area contributed by atoms with E-state index in [-0.39, 0.29) is 16.5 Å². The zero-order valence-corrected chi connectivity index (χ0v) is 8.35. The topological polar surface area (TPSA) is 15.8 Å². The Labute approximate surface area is 92.1 Å². The number of aromatic nitrogens is 1. The normalized spacial score (nSPS) is 10.3. The van der Waals surface area contributed by atoms with Gasteiger partial charge in [0.25, 0.3) is 0 Å². The van der Waals surface area contributed by atoms with E-state index in [9.17, 15) is 0 Å². The molecule has 1 N–H and O–H groups in total. The number of hydrogen-bond acceptors (Lipinski definition) is 0. The van der Waals surface area contributed by atoms with Crippen LogP contribution in [0.4, 0.5) is 0 Å². The van der Waals surface area contributed by atoms with Crippen molar-refractivity contribution in [3.8, 4) is 0 Å². The predicted octanol–water partition coefficient (Wildman–Crippen LogP) is 3.12. The van der Waals surface area contributed by atoms with E-state index in [0.717, 1.165) is 5.52 Å². The maximum absolute atomic E-state index is 3.32. The molecule has 3 rings (SSSR count). The fraction of sp³-hybridized carbons (Fsp3) is 0. The molecule has 1 nitrogen and oxygen atoms in total. The minimum absolute atomic E-state index is 0. The molecule has 14 heavy (non-hydrogen) atoms. The van der Waals surface area contributed by atoms with Crippen molar-refractivity contribution in [1.29, 1.82) is 0 Å². The zero-order chi connectivity index (χ0) is 8.67. The van der Waals surface area contributed by atoms with E-state index in [0.29, 0.717) is 0 Å². The molecule has 0 unspecified atom stereocenters. The van der Waals surface area contributed by atoms with Crippen LogP contribution < -0.4 is 0 Å². The molecule has 0 aliphatic heterocycles. The Bertz CT molecular complexity index is 518. The van der Waals surface area contributed by atoms with Crippen molar-refractivity contribution < 1.29 is 16.5 Å². The van der Waals surface area contributed by atoms with Gasteiger partial charge in [-0.05, 0) is 11.5 Å². The van der Waals surface area contributed by atoms with Gasteiger partial charge in [-0.25, -0.2) is 0 Å². The van der Waals surface area contributed by atoms with Gasteiger partial charge in [0.2, 0.25) is 0 Å². The Kier molecular flexibility index (Phi) is 2.30. The molecule has 0 aliphatic rings. The van der Waals surface area contributed by atoms with E-state index < -0.39 is 0 Å². The number of hydrogen-bond donors (Lipinski definition) is 1. The van der Waals surface area contributed by atoms with Gasteiger partial charge >= 0.3 is 16.5 Å². The summed E-state index contributed by atoms with van der Waals surface area (Å²) in [5.41, 5.74) is 2.27. The minimum Gasteiger partial charge on any atom is -0.378 e. The summed E-state index contributed by atoms with van der Waals surface area (Å²) in [6.07, 6.45) is 0. The summed E-state index contributed by atoms with van der Waals surface area (Å²) in [5, 5.41) is 2.52. The average molecular weight is 225 g/mol. The van der Waals surface area contributed by atoms with Gasteiger partial charge in [0.05, 0.1) is 0 Å². The third kappa shape index (κ3) is 1.23. The van der Waals surface area contributed by atoms with Crippen LogP contribution in [-0.2, 0) is 16.5 Å². The molecule has 1 aromatic heterocycles. The van der Waals surface area contributed by atoms with Crippen LogP contribution in [0.15, 0.2) is 42.5 Å². The summed E-state index contributed by atoms with van der Waals surface area (Å²) in [5.74, 6) is 0. The van der Waals surface area contributed by atoms with Crippen LogP contribution in [-0.4, -0.2) is 4.98 Å². The van der Waals surface area contributed by atoms with Crippen molar-refractivity contribution in [2.45, 2.75) is 0 Å². The molecule has 0 atom stereocenters. The van der Waals surface area contributed by atoms with Crippen LogP contribution in [0.3, 0.4) is 0 Å². The van der Waals surface area contributed by atoms with Gasteiger partial charge in [-0.2, -0.15) is 24.3 Å². The van der Waals surface area contributed by atoms with E-state index in [2.05, 4.69) is 35.3 Å². The SMILES string of the molecule is [Ni+2].[c-]1cccc2c1[nH]c1ccccc12. The summed E-state index contributed by atoms with van der Waals surface area (Å²) in [6, 6.07) is 17.6. The van der Waals surface area contributed by atoms with E-state index in [4.69, 9.17) is 0 Å². The number of fused-ring (bicyclic) bond motifs is 3. The summed E-state index contributed by atoms with van der Waals surface area (Å²) in [7, 11) is 0. The van der Waals surface area contributed by atoms with Gasteiger partial charge in [0, 0.05) is 5.52 Å². The molecule has 3 aromatic rings. The Hall–Kier alpha value is -1.27. The molecule has 0 amide bonds. The van der Waals surface area contributed by atoms with Crippen molar-refractivity contribution in [2.24, 2.45) is 0 Å². The first-order valence-electron chi connectivity index (χ1n) is 4.32. The monoisotopic (exact) mass is 224 g/mol. The van der Waals surface area contributed by atoms with E-state index >= 15 is 0 Å². The van der Waals surface area contributed by atoms with Gasteiger partial charge in [0.15, 0.2) is 0 Å². The standard InChI is InChI=1S/C12H8N.Ni/c1-3-7-11-9(5-1)10-6-2-4-8-12(10)13-11;/h1-7,13H;/q-1;+2. The van der Waals surface area contributed by atoms with Crippen LogP contribution in [0.25, 0.3) is 21.8 Å². The molecule has 0 saturated heterocycles. The summed E-state index contributed by atoms with van der Waals surface area (Å²) in [6.45, 7) is 0. The Morgan fingerprint density at radius 2 is 1.71 bits per heavy atom. The summed E-state index contributed by atoms with van der Waals surface area (Å²) in [4.78, 5) is 3.32. The minimum atomic E-state index is 0. The number of H-pyrrole nitrogens is 1. The number of benzene rings is 2. The van der Waals surface area contributed by atoms with E-state index in [1.807, 2.05) is 18.2 Å². The Morgan fingerprint density at radius 3 is 2.64 bits per heavy atom. The number of rotatable bonds is 0. The van der Waals surface area contributed by atoms with Crippen molar-refractivity contribution in [1.82, 2.24) is 4.98 Å². The van der Waals surface area contributed by atoms with Crippen LogP contribution in [0.5, 0.6) is 0 Å². The third-order valence-corrected chi connectivity index (χ3v) is 2.33. The molecule has 1 heterocycles. The molecular weight excluding hydrogens is 217 g/mol. The van der Waals surface area contributed by atoms with Crippen molar-refractivity contribution in [3.05, 3.63) is 48.5 Å². The smallest absolute Gasteiger partial charge is 0.378 e. The maximum Gasteiger partial charge on any atom is 2.00 e. The number of para-hydroxylation sites is 2. The average Bonchev–Trinajstić information content (AvgIpc) is 2.56. The van der Waals surface area contributed by atoms with Gasteiger partial charge < -0.3 is 4.98 Å². The molecular formula is C12H8NNi+. The number of aromatic amines is 1. The van der Waals surface area contributed by atoms with Crippen molar-refractivity contribution in [3.63, 3.8) is 0 Å². The molecule has 0 fully saturated rings. The first-order valence-corrected chi connectivity index (χ1v) is 4.32. The second kappa shape index (κ2) is 3.47. The zero-order valence-electron chi connectivity index (χ0n) is 7.36. The summed E-state index contributed by atoms with van der Waals surface area (Å²) < 4.78 is 0. The van der Waals surface area contributed by atoms with E-state index in [1.54, 1.807) is 0 Å². The van der Waals surface area contributed by atoms with Gasteiger partial charge in [-0.1, -0.05) is 23.7 Å². The molecule has 0 radical (unpaired) electrons. The largest absolute Gasteiger partial charge is 2.00 e. The molecule has 2 heteroatoms. The summed E-state index contributed by atoms with van der Waals surface area (Å²) >= 11 is 0. The third-order valence-electron chi connectivity index (χ3n) is 2.33. The van der Waals surface area contributed by atoms with Gasteiger partial charge in [-0.3, -0.25) is 0 Å². The Morgan fingerprint density at radius 1 is 0.929 bits per heavy atom. The molecule has 0 aliphatic carbocycles. The van der Waals surface area contributed by atoms with Crippen LogP contribution >= 0.6 is 0 Å². The maximum atomic E-state index is 3.32. The second-order valence-corrected chi connectivity index (χ2v) is 3.13. The van der Waals surface area contributed by atoms with Crippen LogP contribution in [0, 0.1) is 6.07 Å². The van der Waals surface area contributed by atoms with Crippen LogP contribution in [0.2, 0.25) is 0 Å². The second-order valence-electron chi connectivity index (χ2n) is 3.13. The van der Waals surface area contributed by atoms with Crippen molar-refractivity contribution >= 4 is 21.8 Å². The quantitative estimate of drug-likeness (QED) is 0.446. The predicted molar refractivity (Wildman–Crippen MR) is 54.6 cm³/mol. The molecule has 0 saturated carbocycles. The Balaban J connectivity index is 0.000000750. The first kappa shape index (κ1) is 9.29. The fourth-order valence-electron chi connectivity index (χ4n) is 1.73. The molecule has 0 spiro atoms. The van der Waals surface area contributed by atoms with Gasteiger partial charge in [0.1, 0.15) is 0 Å². The van der Waals surface area contributed by atoms with Crippen molar-refractivity contribution in [2.75, 3.05) is 0 Å². The number of nitrogens with one attached hydrogen (secondary N) is 1. The molecule has 0 bridgehead atoms. The van der Waals surface area contributed by atoms with Crippen LogP contribution in [0.1, 0.15) is 0 Å².